The average molecular weight is 911 g/mol. The number of ether oxygens (including phenoxy) is 6. The zero-order valence-electron chi connectivity index (χ0n) is 39.1. The van der Waals surface area contributed by atoms with Gasteiger partial charge in [0.15, 0.2) is 12.2 Å². The highest BCUT2D eigenvalue weighted by Gasteiger charge is 2.24. The van der Waals surface area contributed by atoms with E-state index in [0.29, 0.717) is 55.6 Å². The van der Waals surface area contributed by atoms with E-state index in [-0.39, 0.29) is 75.5 Å². The van der Waals surface area contributed by atoms with Crippen LogP contribution in [0.3, 0.4) is 0 Å². The number of rotatable bonds is 31. The van der Waals surface area contributed by atoms with Crippen LogP contribution in [0.4, 0.5) is 4.79 Å². The summed E-state index contributed by atoms with van der Waals surface area (Å²) in [6.07, 6.45) is 20.8. The molecule has 1 unspecified atom stereocenters. The number of thioether (sulfide) groups is 1. The van der Waals surface area contributed by atoms with E-state index in [9.17, 15) is 28.8 Å². The number of hydrogen-bond acceptors (Lipinski definition) is 14. The van der Waals surface area contributed by atoms with Gasteiger partial charge in [-0.2, -0.15) is 0 Å². The first-order chi connectivity index (χ1) is 30.5. The largest absolute Gasteiger partial charge is 0.462 e. The summed E-state index contributed by atoms with van der Waals surface area (Å²) in [5, 5.41) is -0.147. The molecule has 3 aliphatic rings. The van der Waals surface area contributed by atoms with Crippen LogP contribution in [-0.2, 0) is 52.4 Å². The van der Waals surface area contributed by atoms with Gasteiger partial charge in [0.2, 0.25) is 0 Å². The predicted molar refractivity (Wildman–Crippen MR) is 243 cm³/mol. The van der Waals surface area contributed by atoms with Gasteiger partial charge in [0.05, 0.1) is 6.61 Å². The fourth-order valence-electron chi connectivity index (χ4n) is 8.83. The van der Waals surface area contributed by atoms with E-state index < -0.39 is 24.1 Å². The van der Waals surface area contributed by atoms with Gasteiger partial charge in [-0.3, -0.25) is 28.8 Å². The van der Waals surface area contributed by atoms with Crippen molar-refractivity contribution in [3.8, 4) is 0 Å². The molecule has 362 valence electrons. The Labute approximate surface area is 382 Å². The summed E-state index contributed by atoms with van der Waals surface area (Å²) in [6, 6.07) is 0. The molecule has 0 aromatic carbocycles. The Morgan fingerprint density at radius 3 is 1.24 bits per heavy atom. The molecule has 0 spiro atoms. The summed E-state index contributed by atoms with van der Waals surface area (Å²) < 4.78 is 33.1. The fraction of sp³-hybridized carbons (Fsp3) is 0.875. The first-order valence-electron chi connectivity index (χ1n) is 24.4. The first-order valence-corrected chi connectivity index (χ1v) is 25.4. The second-order valence-electron chi connectivity index (χ2n) is 18.3. The van der Waals surface area contributed by atoms with E-state index >= 15 is 0 Å². The minimum atomic E-state index is -0.947. The number of carbonyl (C=O) groups is 6. The lowest BCUT2D eigenvalue weighted by atomic mass is 9.86. The Bertz CT molecular complexity index is 1280. The summed E-state index contributed by atoms with van der Waals surface area (Å²) in [5.41, 5.74) is 0. The minimum absolute atomic E-state index is 0.0169. The molecule has 3 saturated carbocycles. The van der Waals surface area contributed by atoms with E-state index in [1.54, 1.807) is 4.90 Å². The van der Waals surface area contributed by atoms with Crippen LogP contribution in [0.2, 0.25) is 0 Å². The summed E-state index contributed by atoms with van der Waals surface area (Å²) in [4.78, 5) is 81.0. The quantitative estimate of drug-likeness (QED) is 0.0368. The lowest BCUT2D eigenvalue weighted by Gasteiger charge is -2.23. The van der Waals surface area contributed by atoms with Gasteiger partial charge in [-0.1, -0.05) is 108 Å². The van der Waals surface area contributed by atoms with Gasteiger partial charge in [0, 0.05) is 58.1 Å². The van der Waals surface area contributed by atoms with E-state index in [2.05, 4.69) is 4.90 Å². The third-order valence-corrected chi connectivity index (χ3v) is 13.5. The van der Waals surface area contributed by atoms with Gasteiger partial charge in [-0.05, 0) is 76.9 Å². The van der Waals surface area contributed by atoms with Gasteiger partial charge in [-0.15, -0.1) is 0 Å². The van der Waals surface area contributed by atoms with Gasteiger partial charge in [0.1, 0.15) is 19.8 Å². The predicted octanol–water partition coefficient (Wildman–Crippen LogP) is 8.83. The molecule has 1 amide bonds. The third kappa shape index (κ3) is 26.6. The Morgan fingerprint density at radius 2 is 0.873 bits per heavy atom. The van der Waals surface area contributed by atoms with Crippen LogP contribution >= 0.6 is 11.8 Å². The van der Waals surface area contributed by atoms with Crippen LogP contribution in [0.5, 0.6) is 0 Å². The van der Waals surface area contributed by atoms with Crippen molar-refractivity contribution in [1.29, 1.82) is 0 Å². The van der Waals surface area contributed by atoms with Crippen LogP contribution in [0.25, 0.3) is 0 Å². The molecule has 3 rings (SSSR count). The maximum absolute atomic E-state index is 13.4. The second kappa shape index (κ2) is 33.6. The maximum atomic E-state index is 13.4. The van der Waals surface area contributed by atoms with Crippen LogP contribution in [0.15, 0.2) is 0 Å². The van der Waals surface area contributed by atoms with Crippen molar-refractivity contribution >= 4 is 46.8 Å². The molecule has 0 aliphatic heterocycles. The molecule has 14 nitrogen and oxygen atoms in total. The van der Waals surface area contributed by atoms with Crippen molar-refractivity contribution in [3.63, 3.8) is 0 Å². The Morgan fingerprint density at radius 1 is 0.492 bits per heavy atom. The monoisotopic (exact) mass is 911 g/mol. The molecule has 1 atom stereocenters. The highest BCUT2D eigenvalue weighted by Crippen LogP contribution is 2.29. The molecule has 0 aromatic rings. The molecule has 15 heteroatoms. The van der Waals surface area contributed by atoms with Gasteiger partial charge >= 0.3 is 29.8 Å². The lowest BCUT2D eigenvalue weighted by Crippen LogP contribution is -2.33. The smallest absolute Gasteiger partial charge is 0.306 e. The van der Waals surface area contributed by atoms with Gasteiger partial charge < -0.3 is 38.2 Å². The number of methoxy groups -OCH3 is 1. The zero-order chi connectivity index (χ0) is 45.5. The lowest BCUT2D eigenvalue weighted by molar-refractivity contribution is -0.167. The highest BCUT2D eigenvalue weighted by atomic mass is 32.2. The minimum Gasteiger partial charge on any atom is -0.462 e. The highest BCUT2D eigenvalue weighted by molar-refractivity contribution is 8.13. The molecule has 0 saturated heterocycles. The molecule has 0 aromatic heterocycles. The second-order valence-corrected chi connectivity index (χ2v) is 19.4. The Kier molecular flexibility index (Phi) is 29.0. The van der Waals surface area contributed by atoms with E-state index in [0.717, 1.165) is 70.8 Å². The van der Waals surface area contributed by atoms with E-state index in [1.807, 2.05) is 14.1 Å². The van der Waals surface area contributed by atoms with Crippen molar-refractivity contribution in [2.45, 2.75) is 179 Å². The van der Waals surface area contributed by atoms with Crippen LogP contribution in [-0.4, -0.2) is 130 Å². The van der Waals surface area contributed by atoms with Gasteiger partial charge in [0.25, 0.3) is 5.24 Å². The number of nitrogens with zero attached hydrogens (tertiary/aromatic N) is 2. The summed E-state index contributed by atoms with van der Waals surface area (Å²) >= 11 is 1.20. The molecule has 0 bridgehead atoms. The molecule has 3 aliphatic carbocycles. The molecule has 0 N–H and O–H groups in total. The van der Waals surface area contributed by atoms with E-state index in [4.69, 9.17) is 28.4 Å². The molecular formula is C48H82N2O12S. The SMILES string of the molecule is COCC(COC(=O)CCC1CCCCC1)OC(=O)CCCN(CCCC(=O)OC(COC(=O)CCC1CCCCC1)COC(=O)CCC1CCCCC1)C(=O)SCCCN(C)C. The maximum Gasteiger partial charge on any atom is 0.306 e. The number of amides is 1. The number of esters is 5. The third-order valence-electron chi connectivity index (χ3n) is 12.5. The molecular weight excluding hydrogens is 829 g/mol. The van der Waals surface area contributed by atoms with Crippen molar-refractivity contribution in [3.05, 3.63) is 0 Å². The number of hydrogen-bond donors (Lipinski definition) is 0. The summed E-state index contributed by atoms with van der Waals surface area (Å²) in [5.74, 6) is 0.182. The summed E-state index contributed by atoms with van der Waals surface area (Å²) in [6.45, 7) is 0.948. The Balaban J connectivity index is 1.48. The average Bonchev–Trinajstić information content (AvgIpc) is 3.28. The van der Waals surface area contributed by atoms with Crippen LogP contribution in [0.1, 0.15) is 167 Å². The fourth-order valence-corrected chi connectivity index (χ4v) is 9.64. The molecule has 0 radical (unpaired) electrons. The Hall–Kier alpha value is -2.91. The topological polar surface area (TPSA) is 164 Å². The normalized spacial score (nSPS) is 17.0. The van der Waals surface area contributed by atoms with E-state index in [1.165, 1.54) is 76.7 Å². The molecule has 0 heterocycles. The van der Waals surface area contributed by atoms with Crippen LogP contribution in [0, 0.1) is 17.8 Å². The van der Waals surface area contributed by atoms with Gasteiger partial charge in [-0.25, -0.2) is 0 Å². The summed E-state index contributed by atoms with van der Waals surface area (Å²) in [7, 11) is 5.44. The van der Waals surface area contributed by atoms with Crippen molar-refractivity contribution in [1.82, 2.24) is 9.80 Å². The zero-order valence-corrected chi connectivity index (χ0v) is 39.9. The van der Waals surface area contributed by atoms with Crippen molar-refractivity contribution < 1.29 is 57.2 Å². The molecule has 3 fully saturated rings. The standard InChI is InChI=1S/C48H82N2O12S/c1-49(2)30-15-33-63-48(56)50(31-13-22-46(54)61-41(34-57-3)35-58-43(51)27-24-38-16-7-4-8-17-38)32-14-23-47(55)62-42(36-59-44(52)28-25-39-18-9-5-10-19-39)37-60-45(53)29-26-40-20-11-6-12-21-40/h38-42H,4-37H2,1-3H3. The first kappa shape index (κ1) is 54.4. The molecule has 63 heavy (non-hydrogen) atoms. The van der Waals surface area contributed by atoms with Crippen LogP contribution < -0.4 is 0 Å². The number of carbonyl (C=O) groups excluding carboxylic acids is 6. The van der Waals surface area contributed by atoms with Crippen molar-refractivity contribution in [2.75, 3.05) is 73.0 Å². The van der Waals surface area contributed by atoms with Crippen molar-refractivity contribution in [2.24, 2.45) is 17.8 Å².